The molecule has 1 heterocycles. The Balaban J connectivity index is 3.44. The molecule has 0 aliphatic heterocycles. The van der Waals surface area contributed by atoms with Crippen molar-refractivity contribution in [1.82, 2.24) is 4.98 Å². The maximum Gasteiger partial charge on any atom is 0.437 e. The van der Waals surface area contributed by atoms with Crippen LogP contribution in [0.2, 0.25) is 0 Å². The second kappa shape index (κ2) is 4.20. The molecule has 16 heavy (non-hydrogen) atoms. The Hall–Kier alpha value is -1.44. The minimum atomic E-state index is -5.03. The van der Waals surface area contributed by atoms with E-state index in [2.05, 4.69) is 4.98 Å². The van der Waals surface area contributed by atoms with Crippen LogP contribution >= 0.6 is 0 Å². The van der Waals surface area contributed by atoms with Gasteiger partial charge >= 0.3 is 6.18 Å². The molecule has 0 saturated heterocycles. The van der Waals surface area contributed by atoms with Gasteiger partial charge in [0.05, 0.1) is 12.2 Å². The molecule has 0 saturated carbocycles. The molecule has 0 aliphatic carbocycles. The van der Waals surface area contributed by atoms with Gasteiger partial charge in [0.25, 0.3) is 6.43 Å². The Kier molecular flexibility index (Phi) is 3.32. The van der Waals surface area contributed by atoms with Gasteiger partial charge < -0.3 is 10.2 Å². The lowest BCUT2D eigenvalue weighted by molar-refractivity contribution is -0.142. The number of aromatic nitrogens is 1. The maximum atomic E-state index is 12.4. The fourth-order valence-electron chi connectivity index (χ4n) is 1.13. The van der Waals surface area contributed by atoms with Gasteiger partial charge in [0.1, 0.15) is 0 Å². The van der Waals surface area contributed by atoms with Crippen LogP contribution in [-0.4, -0.2) is 15.2 Å². The standard InChI is InChI=1S/C8H6F5NO2/c9-7(10)4-3(2-15)1-14-6(5(4)16)8(11,12)13/h1,7,15-16H,2H2. The lowest BCUT2D eigenvalue weighted by atomic mass is 10.1. The molecular weight excluding hydrogens is 237 g/mol. The Morgan fingerprint density at radius 2 is 1.88 bits per heavy atom. The van der Waals surface area contributed by atoms with E-state index in [9.17, 15) is 22.0 Å². The minimum Gasteiger partial charge on any atom is -0.505 e. The van der Waals surface area contributed by atoms with E-state index >= 15 is 0 Å². The van der Waals surface area contributed by atoms with Gasteiger partial charge in [0, 0.05) is 11.8 Å². The number of pyridine rings is 1. The molecule has 0 fully saturated rings. The third kappa shape index (κ3) is 2.21. The zero-order valence-corrected chi connectivity index (χ0v) is 7.59. The molecule has 0 unspecified atom stereocenters. The third-order valence-electron chi connectivity index (χ3n) is 1.83. The van der Waals surface area contributed by atoms with Crippen molar-refractivity contribution in [2.75, 3.05) is 0 Å². The normalized spacial score (nSPS) is 12.2. The summed E-state index contributed by atoms with van der Waals surface area (Å²) >= 11 is 0. The highest BCUT2D eigenvalue weighted by molar-refractivity contribution is 5.43. The van der Waals surface area contributed by atoms with Crippen molar-refractivity contribution in [3.05, 3.63) is 23.0 Å². The number of aliphatic hydroxyl groups is 1. The highest BCUT2D eigenvalue weighted by Crippen LogP contribution is 2.40. The molecular formula is C8H6F5NO2. The number of aromatic hydroxyl groups is 1. The fraction of sp³-hybridized carbons (Fsp3) is 0.375. The average Bonchev–Trinajstić information content (AvgIpc) is 2.14. The van der Waals surface area contributed by atoms with Crippen LogP contribution in [0.5, 0.6) is 5.75 Å². The molecule has 8 heteroatoms. The van der Waals surface area contributed by atoms with E-state index in [0.717, 1.165) is 0 Å². The van der Waals surface area contributed by atoms with Gasteiger partial charge in [-0.1, -0.05) is 0 Å². The number of hydrogen-bond acceptors (Lipinski definition) is 3. The van der Waals surface area contributed by atoms with Crippen molar-refractivity contribution in [3.8, 4) is 5.75 Å². The zero-order valence-electron chi connectivity index (χ0n) is 7.59. The first-order chi connectivity index (χ1) is 7.29. The average molecular weight is 243 g/mol. The van der Waals surface area contributed by atoms with Crippen molar-refractivity contribution in [2.24, 2.45) is 0 Å². The van der Waals surface area contributed by atoms with E-state index in [1.165, 1.54) is 0 Å². The van der Waals surface area contributed by atoms with Crippen LogP contribution in [0.1, 0.15) is 23.2 Å². The molecule has 3 nitrogen and oxygen atoms in total. The van der Waals surface area contributed by atoms with Crippen LogP contribution in [0.15, 0.2) is 6.20 Å². The lowest BCUT2D eigenvalue weighted by Gasteiger charge is -2.13. The van der Waals surface area contributed by atoms with Gasteiger partial charge in [0.2, 0.25) is 0 Å². The number of alkyl halides is 5. The van der Waals surface area contributed by atoms with E-state index in [0.29, 0.717) is 6.20 Å². The van der Waals surface area contributed by atoms with E-state index in [-0.39, 0.29) is 0 Å². The molecule has 0 aromatic carbocycles. The molecule has 2 N–H and O–H groups in total. The number of aliphatic hydroxyl groups excluding tert-OH is 1. The summed E-state index contributed by atoms with van der Waals surface area (Å²) in [7, 11) is 0. The molecule has 0 radical (unpaired) electrons. The van der Waals surface area contributed by atoms with E-state index < -0.39 is 41.8 Å². The van der Waals surface area contributed by atoms with Crippen LogP contribution in [0.25, 0.3) is 0 Å². The summed E-state index contributed by atoms with van der Waals surface area (Å²) < 4.78 is 61.3. The topological polar surface area (TPSA) is 53.4 Å². The summed E-state index contributed by atoms with van der Waals surface area (Å²) in [4.78, 5) is 2.80. The van der Waals surface area contributed by atoms with Gasteiger partial charge in [0.15, 0.2) is 11.4 Å². The largest absolute Gasteiger partial charge is 0.505 e. The number of hydrogen-bond donors (Lipinski definition) is 2. The first-order valence-electron chi connectivity index (χ1n) is 3.96. The number of halogens is 5. The molecule has 0 spiro atoms. The highest BCUT2D eigenvalue weighted by Gasteiger charge is 2.38. The van der Waals surface area contributed by atoms with Gasteiger partial charge in [-0.15, -0.1) is 0 Å². The van der Waals surface area contributed by atoms with Gasteiger partial charge in [-0.2, -0.15) is 13.2 Å². The molecule has 90 valence electrons. The quantitative estimate of drug-likeness (QED) is 0.783. The molecule has 1 rings (SSSR count). The van der Waals surface area contributed by atoms with E-state index in [1.807, 2.05) is 0 Å². The number of rotatable bonds is 2. The van der Waals surface area contributed by atoms with Crippen molar-refractivity contribution in [3.63, 3.8) is 0 Å². The van der Waals surface area contributed by atoms with Crippen LogP contribution in [0.3, 0.4) is 0 Å². The third-order valence-corrected chi connectivity index (χ3v) is 1.83. The first kappa shape index (κ1) is 12.6. The minimum absolute atomic E-state index is 0.462. The van der Waals surface area contributed by atoms with Crippen molar-refractivity contribution in [1.29, 1.82) is 0 Å². The van der Waals surface area contributed by atoms with Crippen LogP contribution < -0.4 is 0 Å². The van der Waals surface area contributed by atoms with Crippen molar-refractivity contribution in [2.45, 2.75) is 19.2 Å². The van der Waals surface area contributed by atoms with Gasteiger partial charge in [-0.05, 0) is 0 Å². The smallest absolute Gasteiger partial charge is 0.437 e. The molecule has 1 aromatic heterocycles. The predicted molar refractivity (Wildman–Crippen MR) is 41.8 cm³/mol. The molecule has 0 amide bonds. The SMILES string of the molecule is OCc1cnc(C(F)(F)F)c(O)c1C(F)F. The summed E-state index contributed by atoms with van der Waals surface area (Å²) in [6.07, 6.45) is -7.89. The van der Waals surface area contributed by atoms with Gasteiger partial charge in [-0.3, -0.25) is 0 Å². The number of nitrogens with zero attached hydrogens (tertiary/aromatic N) is 1. The molecule has 0 bridgehead atoms. The lowest BCUT2D eigenvalue weighted by Crippen LogP contribution is -2.11. The molecule has 0 aliphatic rings. The van der Waals surface area contributed by atoms with E-state index in [1.54, 1.807) is 0 Å². The second-order valence-electron chi connectivity index (χ2n) is 2.85. The first-order valence-corrected chi connectivity index (χ1v) is 3.96. The molecule has 0 atom stereocenters. The van der Waals surface area contributed by atoms with E-state index in [4.69, 9.17) is 10.2 Å². The van der Waals surface area contributed by atoms with Crippen LogP contribution in [0.4, 0.5) is 22.0 Å². The van der Waals surface area contributed by atoms with Gasteiger partial charge in [-0.25, -0.2) is 13.8 Å². The van der Waals surface area contributed by atoms with Crippen LogP contribution in [-0.2, 0) is 12.8 Å². The Bertz CT molecular complexity index is 391. The summed E-state index contributed by atoms with van der Waals surface area (Å²) in [5, 5.41) is 17.7. The van der Waals surface area contributed by atoms with Crippen LogP contribution in [0, 0.1) is 0 Å². The second-order valence-corrected chi connectivity index (χ2v) is 2.85. The summed E-state index contributed by atoms with van der Waals surface area (Å²) in [6, 6.07) is 0. The monoisotopic (exact) mass is 243 g/mol. The predicted octanol–water partition coefficient (Wildman–Crippen LogP) is 2.24. The Morgan fingerprint density at radius 1 is 1.31 bits per heavy atom. The molecule has 1 aromatic rings. The Morgan fingerprint density at radius 3 is 2.25 bits per heavy atom. The summed E-state index contributed by atoms with van der Waals surface area (Å²) in [5.74, 6) is -1.64. The highest BCUT2D eigenvalue weighted by atomic mass is 19.4. The van der Waals surface area contributed by atoms with Crippen molar-refractivity contribution >= 4 is 0 Å². The summed E-state index contributed by atoms with van der Waals surface area (Å²) in [5.41, 5.74) is -3.58. The van der Waals surface area contributed by atoms with Crippen molar-refractivity contribution < 1.29 is 32.2 Å². The maximum absolute atomic E-state index is 12.4. The Labute approximate surface area is 86.2 Å². The summed E-state index contributed by atoms with van der Waals surface area (Å²) in [6.45, 7) is -0.932. The zero-order chi connectivity index (χ0) is 12.5. The fourth-order valence-corrected chi connectivity index (χ4v) is 1.13.